The predicted molar refractivity (Wildman–Crippen MR) is 115 cm³/mol. The van der Waals surface area contributed by atoms with Crippen molar-refractivity contribution in [3.05, 3.63) is 90.1 Å². The van der Waals surface area contributed by atoms with Crippen LogP contribution in [0, 0.1) is 0 Å². The van der Waals surface area contributed by atoms with Crippen LogP contribution in [0.4, 0.5) is 5.69 Å². The van der Waals surface area contributed by atoms with E-state index < -0.39 is 0 Å². The number of aromatic nitrogens is 3. The lowest BCUT2D eigenvalue weighted by Crippen LogP contribution is -3.00. The third-order valence-electron chi connectivity index (χ3n) is 4.74. The highest BCUT2D eigenvalue weighted by Gasteiger charge is 2.13. The molecule has 0 unspecified atom stereocenters. The molecular formula is C23H20BrClN4O2. The number of ketones is 1. The highest BCUT2D eigenvalue weighted by Crippen LogP contribution is 2.20. The van der Waals surface area contributed by atoms with Gasteiger partial charge in [0.15, 0.2) is 6.54 Å². The number of nitrogens with zero attached hydrogens (tertiary/aromatic N) is 3. The first-order valence-corrected chi connectivity index (χ1v) is 9.93. The number of imidazole rings is 1. The number of rotatable bonds is 7. The second-order valence-electron chi connectivity index (χ2n) is 6.93. The standard InChI is InChI=1S/C23H19ClN4O2.BrH/c24-19-8-6-17(7-9-19)21(29)15-28-14-13-27(16-28)12-10-22(30)26-20-5-1-3-18-4-2-11-25-23(18)20;/h1-9,11,13-14,16H,10,12,15H2;1H. The largest absolute Gasteiger partial charge is 1.00 e. The van der Waals surface area contributed by atoms with E-state index in [-0.39, 0.29) is 35.2 Å². The van der Waals surface area contributed by atoms with Crippen LogP contribution in [0.15, 0.2) is 79.5 Å². The summed E-state index contributed by atoms with van der Waals surface area (Å²) in [6, 6.07) is 16.4. The van der Waals surface area contributed by atoms with E-state index in [0.29, 0.717) is 29.2 Å². The molecule has 0 bridgehead atoms. The van der Waals surface area contributed by atoms with Gasteiger partial charge in [0.25, 0.3) is 0 Å². The van der Waals surface area contributed by atoms with Crippen molar-refractivity contribution in [1.29, 1.82) is 0 Å². The summed E-state index contributed by atoms with van der Waals surface area (Å²) in [5, 5.41) is 4.51. The highest BCUT2D eigenvalue weighted by molar-refractivity contribution is 6.30. The molecule has 0 aliphatic carbocycles. The van der Waals surface area contributed by atoms with Gasteiger partial charge in [-0.2, -0.15) is 0 Å². The number of aryl methyl sites for hydroxylation is 1. The van der Waals surface area contributed by atoms with Crippen LogP contribution in [0.5, 0.6) is 0 Å². The molecule has 158 valence electrons. The maximum absolute atomic E-state index is 12.4. The number of nitrogens with one attached hydrogen (secondary N) is 1. The van der Waals surface area contributed by atoms with E-state index in [9.17, 15) is 9.59 Å². The normalized spacial score (nSPS) is 10.5. The second-order valence-corrected chi connectivity index (χ2v) is 7.37. The smallest absolute Gasteiger partial charge is 0.244 e. The molecule has 1 N–H and O–H groups in total. The molecule has 8 heteroatoms. The first kappa shape index (κ1) is 22.7. The maximum Gasteiger partial charge on any atom is 0.244 e. The van der Waals surface area contributed by atoms with Crippen molar-refractivity contribution >= 4 is 39.9 Å². The van der Waals surface area contributed by atoms with Gasteiger partial charge in [-0.05, 0) is 36.4 Å². The van der Waals surface area contributed by atoms with Gasteiger partial charge in [-0.3, -0.25) is 14.6 Å². The van der Waals surface area contributed by atoms with Crippen molar-refractivity contribution in [2.45, 2.75) is 19.5 Å². The Morgan fingerprint density at radius 3 is 2.65 bits per heavy atom. The monoisotopic (exact) mass is 498 g/mol. The lowest BCUT2D eigenvalue weighted by molar-refractivity contribution is -0.682. The van der Waals surface area contributed by atoms with Crippen LogP contribution in [0.2, 0.25) is 5.02 Å². The van der Waals surface area contributed by atoms with Crippen LogP contribution < -0.4 is 26.9 Å². The number of halogens is 2. The molecule has 2 heterocycles. The minimum Gasteiger partial charge on any atom is -1.00 e. The Labute approximate surface area is 195 Å². The third kappa shape index (κ3) is 5.77. The zero-order chi connectivity index (χ0) is 20.9. The van der Waals surface area contributed by atoms with E-state index in [1.54, 1.807) is 35.0 Å². The van der Waals surface area contributed by atoms with Crippen LogP contribution in [-0.2, 0) is 17.9 Å². The molecule has 0 saturated carbocycles. The molecule has 0 spiro atoms. The van der Waals surface area contributed by atoms with Gasteiger partial charge in [-0.1, -0.05) is 29.8 Å². The maximum atomic E-state index is 12.4. The van der Waals surface area contributed by atoms with Gasteiger partial charge in [0.1, 0.15) is 12.4 Å². The molecular weight excluding hydrogens is 480 g/mol. The van der Waals surface area contributed by atoms with E-state index in [2.05, 4.69) is 10.3 Å². The van der Waals surface area contributed by atoms with Gasteiger partial charge in [0, 0.05) is 22.2 Å². The number of carbonyl (C=O) groups is 2. The summed E-state index contributed by atoms with van der Waals surface area (Å²) < 4.78 is 3.68. The molecule has 2 aromatic heterocycles. The van der Waals surface area contributed by atoms with Crippen molar-refractivity contribution in [3.8, 4) is 0 Å². The molecule has 0 fully saturated rings. The van der Waals surface area contributed by atoms with E-state index in [1.807, 2.05) is 53.6 Å². The van der Waals surface area contributed by atoms with E-state index >= 15 is 0 Å². The quantitative estimate of drug-likeness (QED) is 0.303. The zero-order valence-electron chi connectivity index (χ0n) is 16.5. The Morgan fingerprint density at radius 1 is 1.06 bits per heavy atom. The first-order chi connectivity index (χ1) is 14.6. The van der Waals surface area contributed by atoms with Crippen molar-refractivity contribution < 1.29 is 31.1 Å². The topological polar surface area (TPSA) is 67.9 Å². The van der Waals surface area contributed by atoms with Crippen LogP contribution in [0.25, 0.3) is 10.9 Å². The molecule has 2 aromatic carbocycles. The lowest BCUT2D eigenvalue weighted by Gasteiger charge is -2.07. The van der Waals surface area contributed by atoms with Gasteiger partial charge in [0.05, 0.1) is 24.2 Å². The summed E-state index contributed by atoms with van der Waals surface area (Å²) in [6.45, 7) is 0.731. The average molecular weight is 500 g/mol. The number of carbonyl (C=O) groups excluding carboxylic acids is 2. The second kappa shape index (κ2) is 10.3. The predicted octanol–water partition coefficient (Wildman–Crippen LogP) is 0.893. The van der Waals surface area contributed by atoms with Crippen molar-refractivity contribution in [3.63, 3.8) is 0 Å². The number of anilines is 1. The number of pyridine rings is 1. The van der Waals surface area contributed by atoms with Crippen LogP contribution in [-0.4, -0.2) is 21.2 Å². The number of hydrogen-bond acceptors (Lipinski definition) is 3. The van der Waals surface area contributed by atoms with Crippen molar-refractivity contribution in [1.82, 2.24) is 9.55 Å². The van der Waals surface area contributed by atoms with E-state index in [0.717, 1.165) is 10.9 Å². The van der Waals surface area contributed by atoms with Gasteiger partial charge in [0.2, 0.25) is 18.0 Å². The summed E-state index contributed by atoms with van der Waals surface area (Å²) >= 11 is 5.86. The Bertz CT molecular complexity index is 1200. The van der Waals surface area contributed by atoms with Gasteiger partial charge < -0.3 is 22.3 Å². The highest BCUT2D eigenvalue weighted by atomic mass is 79.9. The minimum atomic E-state index is -0.0920. The summed E-state index contributed by atoms with van der Waals surface area (Å²) in [7, 11) is 0. The molecule has 4 aromatic rings. The first-order valence-electron chi connectivity index (χ1n) is 9.56. The molecule has 0 radical (unpaired) electrons. The number of hydrogen-bond donors (Lipinski definition) is 1. The third-order valence-corrected chi connectivity index (χ3v) is 4.99. The summed E-state index contributed by atoms with van der Waals surface area (Å²) in [4.78, 5) is 29.1. The van der Waals surface area contributed by atoms with Gasteiger partial charge in [-0.25, -0.2) is 9.13 Å². The Balaban J connectivity index is 0.00000272. The molecule has 1 amide bonds. The molecule has 0 aliphatic rings. The molecule has 6 nitrogen and oxygen atoms in total. The van der Waals surface area contributed by atoms with Crippen LogP contribution in [0.1, 0.15) is 16.8 Å². The SMILES string of the molecule is O=C(CCn1cc[n+](CC(=O)c2ccc(Cl)cc2)c1)Nc1cccc2cccnc12.[Br-]. The van der Waals surface area contributed by atoms with Crippen LogP contribution in [0.3, 0.4) is 0 Å². The molecule has 0 saturated heterocycles. The van der Waals surface area contributed by atoms with E-state index in [4.69, 9.17) is 11.6 Å². The minimum absolute atomic E-state index is 0. The van der Waals surface area contributed by atoms with Crippen molar-refractivity contribution in [2.75, 3.05) is 5.32 Å². The number of benzene rings is 2. The Hall–Kier alpha value is -3.03. The summed E-state index contributed by atoms with van der Waals surface area (Å²) in [5.41, 5.74) is 2.09. The van der Waals surface area contributed by atoms with Crippen LogP contribution >= 0.6 is 11.6 Å². The average Bonchev–Trinajstić information content (AvgIpc) is 3.20. The molecule has 31 heavy (non-hydrogen) atoms. The Morgan fingerprint density at radius 2 is 1.84 bits per heavy atom. The molecule has 4 rings (SSSR count). The number of para-hydroxylation sites is 1. The fourth-order valence-electron chi connectivity index (χ4n) is 3.21. The summed E-state index contributed by atoms with van der Waals surface area (Å²) in [5.74, 6) is -0.0961. The number of fused-ring (bicyclic) bond motifs is 1. The number of Topliss-reactive ketones (excluding diaryl/α,β-unsaturated/α-hetero) is 1. The van der Waals surface area contributed by atoms with Crippen molar-refractivity contribution in [2.24, 2.45) is 0 Å². The fraction of sp³-hybridized carbons (Fsp3) is 0.130. The fourth-order valence-corrected chi connectivity index (χ4v) is 3.33. The lowest BCUT2D eigenvalue weighted by atomic mass is 10.1. The Kier molecular flexibility index (Phi) is 7.55. The van der Waals surface area contributed by atoms with Gasteiger partial charge in [-0.15, -0.1) is 0 Å². The molecule has 0 aliphatic heterocycles. The summed E-state index contributed by atoms with van der Waals surface area (Å²) in [6.07, 6.45) is 7.51. The van der Waals surface area contributed by atoms with Gasteiger partial charge >= 0.3 is 0 Å². The van der Waals surface area contributed by atoms with E-state index in [1.165, 1.54) is 0 Å². The zero-order valence-corrected chi connectivity index (χ0v) is 18.9. The number of amides is 1. The molecule has 0 atom stereocenters.